The van der Waals surface area contributed by atoms with Gasteiger partial charge in [0.1, 0.15) is 5.78 Å². The molecule has 2 fully saturated rings. The second-order valence-electron chi connectivity index (χ2n) is 5.35. The van der Waals surface area contributed by atoms with Crippen molar-refractivity contribution in [3.8, 4) is 0 Å². The van der Waals surface area contributed by atoms with E-state index in [0.717, 1.165) is 24.8 Å². The van der Waals surface area contributed by atoms with Crippen molar-refractivity contribution in [1.82, 2.24) is 4.90 Å². The Kier molecular flexibility index (Phi) is 3.79. The second kappa shape index (κ2) is 5.11. The standard InChI is InChI=1S/C13H23NO/c1-11(15)6-8-14-9-7-12-4-2-3-5-13(12)10-14/h12-13H,2-10H2,1H3. The molecule has 0 aromatic rings. The lowest BCUT2D eigenvalue weighted by atomic mass is 9.75. The minimum absolute atomic E-state index is 0.334. The fourth-order valence-electron chi connectivity index (χ4n) is 3.19. The molecule has 1 heterocycles. The summed E-state index contributed by atoms with van der Waals surface area (Å²) < 4.78 is 0. The monoisotopic (exact) mass is 209 g/mol. The molecule has 1 aliphatic heterocycles. The second-order valence-corrected chi connectivity index (χ2v) is 5.35. The molecule has 2 atom stereocenters. The van der Waals surface area contributed by atoms with E-state index in [4.69, 9.17) is 0 Å². The van der Waals surface area contributed by atoms with Gasteiger partial charge in [-0.15, -0.1) is 0 Å². The predicted molar refractivity (Wildman–Crippen MR) is 61.8 cm³/mol. The number of fused-ring (bicyclic) bond motifs is 1. The molecule has 0 amide bonds. The van der Waals surface area contributed by atoms with E-state index in [9.17, 15) is 4.79 Å². The Morgan fingerprint density at radius 1 is 1.20 bits per heavy atom. The number of piperidine rings is 1. The van der Waals surface area contributed by atoms with Crippen LogP contribution in [-0.2, 0) is 4.79 Å². The van der Waals surface area contributed by atoms with E-state index in [2.05, 4.69) is 4.90 Å². The topological polar surface area (TPSA) is 20.3 Å². The molecule has 0 aromatic carbocycles. The number of rotatable bonds is 3. The number of ketones is 1. The van der Waals surface area contributed by atoms with Gasteiger partial charge >= 0.3 is 0 Å². The average molecular weight is 209 g/mol. The highest BCUT2D eigenvalue weighted by Gasteiger charge is 2.30. The maximum absolute atomic E-state index is 10.9. The first-order valence-corrected chi connectivity index (χ1v) is 6.47. The molecule has 2 unspecified atom stereocenters. The summed E-state index contributed by atoms with van der Waals surface area (Å²) in [6, 6.07) is 0. The minimum Gasteiger partial charge on any atom is -0.303 e. The first kappa shape index (κ1) is 11.1. The summed E-state index contributed by atoms with van der Waals surface area (Å²) in [5.41, 5.74) is 0. The molecule has 1 saturated heterocycles. The zero-order chi connectivity index (χ0) is 10.7. The van der Waals surface area contributed by atoms with Crippen LogP contribution in [0.1, 0.15) is 45.4 Å². The lowest BCUT2D eigenvalue weighted by molar-refractivity contribution is -0.117. The van der Waals surface area contributed by atoms with Gasteiger partial charge in [-0.1, -0.05) is 19.3 Å². The lowest BCUT2D eigenvalue weighted by Gasteiger charge is -2.41. The van der Waals surface area contributed by atoms with Crippen LogP contribution in [0.4, 0.5) is 0 Å². The molecule has 0 N–H and O–H groups in total. The fourth-order valence-corrected chi connectivity index (χ4v) is 3.19. The quantitative estimate of drug-likeness (QED) is 0.711. The number of hydrogen-bond donors (Lipinski definition) is 0. The highest BCUT2D eigenvalue weighted by molar-refractivity contribution is 5.75. The first-order valence-electron chi connectivity index (χ1n) is 6.47. The smallest absolute Gasteiger partial charge is 0.131 e. The SMILES string of the molecule is CC(=O)CCN1CCC2CCCCC2C1. The highest BCUT2D eigenvalue weighted by atomic mass is 16.1. The molecule has 86 valence electrons. The normalized spacial score (nSPS) is 32.3. The Hall–Kier alpha value is -0.370. The molecule has 1 aliphatic carbocycles. The molecule has 2 heteroatoms. The van der Waals surface area contributed by atoms with E-state index in [0.29, 0.717) is 5.78 Å². The number of carbonyl (C=O) groups is 1. The Morgan fingerprint density at radius 3 is 2.67 bits per heavy atom. The van der Waals surface area contributed by atoms with Gasteiger partial charge in [-0.25, -0.2) is 0 Å². The van der Waals surface area contributed by atoms with Crippen LogP contribution in [0.2, 0.25) is 0 Å². The van der Waals surface area contributed by atoms with E-state index >= 15 is 0 Å². The third-order valence-electron chi connectivity index (χ3n) is 4.16. The molecular formula is C13H23NO. The number of hydrogen-bond acceptors (Lipinski definition) is 2. The van der Waals surface area contributed by atoms with Crippen molar-refractivity contribution in [3.05, 3.63) is 0 Å². The first-order chi connectivity index (χ1) is 7.25. The molecule has 0 bridgehead atoms. The van der Waals surface area contributed by atoms with Crippen LogP contribution in [0.25, 0.3) is 0 Å². The number of carbonyl (C=O) groups excluding carboxylic acids is 1. The van der Waals surface area contributed by atoms with Gasteiger partial charge in [-0.05, 0) is 38.1 Å². The van der Waals surface area contributed by atoms with Gasteiger partial charge in [0.25, 0.3) is 0 Å². The van der Waals surface area contributed by atoms with Crippen molar-refractivity contribution in [2.75, 3.05) is 19.6 Å². The molecule has 0 spiro atoms. The largest absolute Gasteiger partial charge is 0.303 e. The van der Waals surface area contributed by atoms with E-state index < -0.39 is 0 Å². The van der Waals surface area contributed by atoms with E-state index in [-0.39, 0.29) is 0 Å². The summed E-state index contributed by atoms with van der Waals surface area (Å²) in [4.78, 5) is 13.5. The summed E-state index contributed by atoms with van der Waals surface area (Å²) in [5, 5.41) is 0. The number of Topliss-reactive ketones (excluding diaryl/α,β-unsaturated/α-hetero) is 1. The van der Waals surface area contributed by atoms with Crippen LogP contribution < -0.4 is 0 Å². The summed E-state index contributed by atoms with van der Waals surface area (Å²) >= 11 is 0. The molecular weight excluding hydrogens is 186 g/mol. The zero-order valence-electron chi connectivity index (χ0n) is 9.87. The zero-order valence-corrected chi connectivity index (χ0v) is 9.87. The Bertz CT molecular complexity index is 227. The van der Waals surface area contributed by atoms with Crippen LogP contribution in [0.15, 0.2) is 0 Å². The number of nitrogens with zero attached hydrogens (tertiary/aromatic N) is 1. The molecule has 2 aliphatic rings. The maximum atomic E-state index is 10.9. The van der Waals surface area contributed by atoms with Crippen LogP contribution in [0, 0.1) is 11.8 Å². The third-order valence-corrected chi connectivity index (χ3v) is 4.16. The fraction of sp³-hybridized carbons (Fsp3) is 0.923. The Balaban J connectivity index is 1.78. The average Bonchev–Trinajstić information content (AvgIpc) is 2.26. The van der Waals surface area contributed by atoms with Crippen LogP contribution >= 0.6 is 0 Å². The van der Waals surface area contributed by atoms with Gasteiger partial charge in [0, 0.05) is 19.5 Å². The lowest BCUT2D eigenvalue weighted by Crippen LogP contribution is -2.42. The van der Waals surface area contributed by atoms with Gasteiger partial charge in [0.05, 0.1) is 0 Å². The summed E-state index contributed by atoms with van der Waals surface area (Å²) in [6.07, 6.45) is 7.91. The van der Waals surface area contributed by atoms with Crippen molar-refractivity contribution < 1.29 is 4.79 Å². The van der Waals surface area contributed by atoms with E-state index in [1.54, 1.807) is 6.92 Å². The van der Waals surface area contributed by atoms with E-state index in [1.807, 2.05) is 0 Å². The van der Waals surface area contributed by atoms with Crippen LogP contribution in [0.3, 0.4) is 0 Å². The van der Waals surface area contributed by atoms with Gasteiger partial charge in [-0.2, -0.15) is 0 Å². The van der Waals surface area contributed by atoms with Crippen molar-refractivity contribution in [2.45, 2.75) is 45.4 Å². The molecule has 2 rings (SSSR count). The predicted octanol–water partition coefficient (Wildman–Crippen LogP) is 2.48. The van der Waals surface area contributed by atoms with Gasteiger partial charge in [0.15, 0.2) is 0 Å². The molecule has 0 radical (unpaired) electrons. The third kappa shape index (κ3) is 3.04. The van der Waals surface area contributed by atoms with Crippen molar-refractivity contribution in [2.24, 2.45) is 11.8 Å². The van der Waals surface area contributed by atoms with E-state index in [1.165, 1.54) is 45.2 Å². The Morgan fingerprint density at radius 2 is 1.93 bits per heavy atom. The molecule has 2 nitrogen and oxygen atoms in total. The Labute approximate surface area is 93.0 Å². The molecule has 15 heavy (non-hydrogen) atoms. The van der Waals surface area contributed by atoms with Gasteiger partial charge in [-0.3, -0.25) is 4.79 Å². The van der Waals surface area contributed by atoms with Gasteiger partial charge < -0.3 is 4.90 Å². The maximum Gasteiger partial charge on any atom is 0.131 e. The summed E-state index contributed by atoms with van der Waals surface area (Å²) in [6.45, 7) is 5.19. The summed E-state index contributed by atoms with van der Waals surface area (Å²) in [5.74, 6) is 2.28. The van der Waals surface area contributed by atoms with Gasteiger partial charge in [0.2, 0.25) is 0 Å². The number of likely N-dealkylation sites (tertiary alicyclic amines) is 1. The minimum atomic E-state index is 0.334. The summed E-state index contributed by atoms with van der Waals surface area (Å²) in [7, 11) is 0. The van der Waals surface area contributed by atoms with Crippen LogP contribution in [-0.4, -0.2) is 30.3 Å². The van der Waals surface area contributed by atoms with Crippen molar-refractivity contribution in [3.63, 3.8) is 0 Å². The van der Waals surface area contributed by atoms with Crippen LogP contribution in [0.5, 0.6) is 0 Å². The molecule has 0 aromatic heterocycles. The highest BCUT2D eigenvalue weighted by Crippen LogP contribution is 2.35. The van der Waals surface area contributed by atoms with Crippen molar-refractivity contribution >= 4 is 5.78 Å². The van der Waals surface area contributed by atoms with Crippen molar-refractivity contribution in [1.29, 1.82) is 0 Å². The molecule has 1 saturated carbocycles.